The quantitative estimate of drug-likeness (QED) is 0.281. The molecule has 0 unspecified atom stereocenters. The number of halogens is 2. The fourth-order valence-corrected chi connectivity index (χ4v) is 4.73. The number of ether oxygens (including phenoxy) is 2. The highest BCUT2D eigenvalue weighted by atomic mass is 79.9. The Kier molecular flexibility index (Phi) is 5.11. The highest BCUT2D eigenvalue weighted by molar-refractivity contribution is 9.10. The van der Waals surface area contributed by atoms with Crippen molar-refractivity contribution in [2.75, 3.05) is 14.2 Å². The lowest BCUT2D eigenvalue weighted by atomic mass is 9.90. The Morgan fingerprint density at radius 3 is 1.81 bits per heavy atom. The molecule has 0 saturated carbocycles. The average Bonchev–Trinajstić information content (AvgIpc) is 2.71. The first-order valence-corrected chi connectivity index (χ1v) is 10.5. The lowest BCUT2D eigenvalue weighted by Crippen LogP contribution is -1.98. The van der Waals surface area contributed by atoms with Crippen LogP contribution in [0.5, 0.6) is 11.5 Å². The van der Waals surface area contributed by atoms with Gasteiger partial charge in [-0.2, -0.15) is 0 Å². The third kappa shape index (κ3) is 3.01. The molecule has 0 saturated heterocycles. The molecule has 0 radical (unpaired) electrons. The van der Waals surface area contributed by atoms with Gasteiger partial charge in [0, 0.05) is 22.0 Å². The molecule has 0 N–H and O–H groups in total. The smallest absolute Gasteiger partial charge is 0.141 e. The summed E-state index contributed by atoms with van der Waals surface area (Å²) in [5, 5.41) is 5.31. The topological polar surface area (TPSA) is 18.5 Å². The third-order valence-corrected chi connectivity index (χ3v) is 6.03. The van der Waals surface area contributed by atoms with Crippen molar-refractivity contribution in [2.24, 2.45) is 0 Å². The fourth-order valence-electron chi connectivity index (χ4n) is 3.71. The van der Waals surface area contributed by atoms with Crippen LogP contribution in [0.1, 0.15) is 5.56 Å². The van der Waals surface area contributed by atoms with Crippen LogP contribution in [0, 0.1) is 0 Å². The van der Waals surface area contributed by atoms with Gasteiger partial charge in [0.1, 0.15) is 11.5 Å². The molecule has 0 heterocycles. The fraction of sp³-hybridized carbons (Fsp3) is 0.130. The Balaban J connectivity index is 2.27. The van der Waals surface area contributed by atoms with Gasteiger partial charge in [0.25, 0.3) is 0 Å². The molecule has 4 rings (SSSR count). The maximum atomic E-state index is 5.92. The lowest BCUT2D eigenvalue weighted by molar-refractivity contribution is 0.408. The van der Waals surface area contributed by atoms with Crippen LogP contribution in [0.3, 0.4) is 0 Å². The SMILES string of the molecule is COc1c(Br)cc2ccccc2c1-c1c(OC)c(CBr)cc2ccccc12. The number of benzene rings is 4. The molecule has 0 amide bonds. The summed E-state index contributed by atoms with van der Waals surface area (Å²) in [6.07, 6.45) is 0. The number of fused-ring (bicyclic) bond motifs is 2. The predicted octanol–water partition coefficient (Wildman–Crippen LogP) is 7.33. The lowest BCUT2D eigenvalue weighted by Gasteiger charge is -2.20. The Morgan fingerprint density at radius 2 is 1.26 bits per heavy atom. The van der Waals surface area contributed by atoms with Gasteiger partial charge in [-0.15, -0.1) is 0 Å². The minimum absolute atomic E-state index is 0.711. The first kappa shape index (κ1) is 18.3. The molecular weight excluding hydrogens is 468 g/mol. The van der Waals surface area contributed by atoms with Crippen LogP contribution in [0.25, 0.3) is 32.7 Å². The van der Waals surface area contributed by atoms with Crippen molar-refractivity contribution in [3.63, 3.8) is 0 Å². The van der Waals surface area contributed by atoms with Crippen LogP contribution >= 0.6 is 31.9 Å². The van der Waals surface area contributed by atoms with Gasteiger partial charge in [0.15, 0.2) is 0 Å². The van der Waals surface area contributed by atoms with E-state index in [1.807, 2.05) is 0 Å². The number of methoxy groups -OCH3 is 2. The summed E-state index contributed by atoms with van der Waals surface area (Å²) in [7, 11) is 3.44. The molecule has 0 aromatic heterocycles. The van der Waals surface area contributed by atoms with Gasteiger partial charge in [-0.25, -0.2) is 0 Å². The van der Waals surface area contributed by atoms with Crippen molar-refractivity contribution >= 4 is 53.4 Å². The average molecular weight is 486 g/mol. The zero-order chi connectivity index (χ0) is 19.0. The van der Waals surface area contributed by atoms with E-state index in [9.17, 15) is 0 Å². The molecule has 0 fully saturated rings. The second-order valence-corrected chi connectivity index (χ2v) is 7.70. The first-order valence-electron chi connectivity index (χ1n) is 8.59. The van der Waals surface area contributed by atoms with Gasteiger partial charge in [-0.1, -0.05) is 64.5 Å². The molecule has 0 atom stereocenters. The van der Waals surface area contributed by atoms with Crippen molar-refractivity contribution in [1.82, 2.24) is 0 Å². The standard InChI is InChI=1S/C23H18Br2O2/c1-26-22-16(13-24)11-14-7-3-5-9-17(14)20(22)21-18-10-6-4-8-15(18)12-19(25)23(21)27-2/h3-12H,13H2,1-2H3. The summed E-state index contributed by atoms with van der Waals surface area (Å²) >= 11 is 7.32. The van der Waals surface area contributed by atoms with Crippen molar-refractivity contribution < 1.29 is 9.47 Å². The number of hydrogen-bond donors (Lipinski definition) is 0. The van der Waals surface area contributed by atoms with Crippen LogP contribution < -0.4 is 9.47 Å². The molecule has 4 aromatic rings. The monoisotopic (exact) mass is 484 g/mol. The number of rotatable bonds is 4. The van der Waals surface area contributed by atoms with Gasteiger partial charge in [0.05, 0.1) is 18.7 Å². The summed E-state index contributed by atoms with van der Waals surface area (Å²) < 4.78 is 12.7. The Morgan fingerprint density at radius 1 is 0.741 bits per heavy atom. The Labute approximate surface area is 175 Å². The van der Waals surface area contributed by atoms with E-state index in [1.54, 1.807) is 14.2 Å². The highest BCUT2D eigenvalue weighted by Crippen LogP contribution is 2.49. The maximum Gasteiger partial charge on any atom is 0.141 e. The van der Waals surface area contributed by atoms with Crippen LogP contribution in [-0.2, 0) is 5.33 Å². The number of hydrogen-bond acceptors (Lipinski definition) is 2. The second-order valence-electron chi connectivity index (χ2n) is 6.29. The van der Waals surface area contributed by atoms with Crippen LogP contribution in [0.15, 0.2) is 65.1 Å². The van der Waals surface area contributed by atoms with Gasteiger partial charge in [-0.05, 0) is 49.6 Å². The summed E-state index contributed by atoms with van der Waals surface area (Å²) in [5.74, 6) is 1.68. The Bertz CT molecular complexity index is 1150. The number of alkyl halides is 1. The van der Waals surface area contributed by atoms with Crippen LogP contribution in [-0.4, -0.2) is 14.2 Å². The zero-order valence-electron chi connectivity index (χ0n) is 15.1. The third-order valence-electron chi connectivity index (χ3n) is 4.84. The summed E-state index contributed by atoms with van der Waals surface area (Å²) in [5.41, 5.74) is 3.20. The highest BCUT2D eigenvalue weighted by Gasteiger charge is 2.22. The largest absolute Gasteiger partial charge is 0.496 e. The van der Waals surface area contributed by atoms with E-state index in [-0.39, 0.29) is 0 Å². The van der Waals surface area contributed by atoms with Crippen molar-refractivity contribution in [3.05, 3.63) is 70.7 Å². The summed E-state index contributed by atoms with van der Waals surface area (Å²) in [6.45, 7) is 0. The summed E-state index contributed by atoms with van der Waals surface area (Å²) in [6, 6.07) is 21.0. The molecule has 2 nitrogen and oxygen atoms in total. The second kappa shape index (κ2) is 7.53. The molecular formula is C23H18Br2O2. The zero-order valence-corrected chi connectivity index (χ0v) is 18.2. The van der Waals surface area contributed by atoms with E-state index in [0.717, 1.165) is 48.8 Å². The van der Waals surface area contributed by atoms with Gasteiger partial charge in [0.2, 0.25) is 0 Å². The minimum Gasteiger partial charge on any atom is -0.496 e. The van der Waals surface area contributed by atoms with Gasteiger partial charge in [-0.3, -0.25) is 0 Å². The maximum absolute atomic E-state index is 5.92. The van der Waals surface area contributed by atoms with E-state index >= 15 is 0 Å². The molecule has 136 valence electrons. The van der Waals surface area contributed by atoms with Crippen molar-refractivity contribution in [1.29, 1.82) is 0 Å². The molecule has 4 heteroatoms. The van der Waals surface area contributed by atoms with Crippen molar-refractivity contribution in [3.8, 4) is 22.6 Å². The Hall–Kier alpha value is -2.04. The molecule has 0 aliphatic rings. The molecule has 0 aliphatic carbocycles. The molecule has 0 aliphatic heterocycles. The minimum atomic E-state index is 0.711. The van der Waals surface area contributed by atoms with Gasteiger partial charge < -0.3 is 9.47 Å². The molecule has 0 spiro atoms. The molecule has 0 bridgehead atoms. The van der Waals surface area contributed by atoms with E-state index in [0.29, 0.717) is 5.33 Å². The van der Waals surface area contributed by atoms with Crippen LogP contribution in [0.4, 0.5) is 0 Å². The normalized spacial score (nSPS) is 11.1. The van der Waals surface area contributed by atoms with Crippen molar-refractivity contribution in [2.45, 2.75) is 5.33 Å². The summed E-state index contributed by atoms with van der Waals surface area (Å²) in [4.78, 5) is 0. The predicted molar refractivity (Wildman–Crippen MR) is 120 cm³/mol. The molecule has 4 aromatic carbocycles. The van der Waals surface area contributed by atoms with E-state index in [2.05, 4.69) is 92.5 Å². The van der Waals surface area contributed by atoms with Crippen LogP contribution in [0.2, 0.25) is 0 Å². The first-order chi connectivity index (χ1) is 13.2. The molecule has 27 heavy (non-hydrogen) atoms. The van der Waals surface area contributed by atoms with E-state index < -0.39 is 0 Å². The van der Waals surface area contributed by atoms with E-state index in [4.69, 9.17) is 9.47 Å². The van der Waals surface area contributed by atoms with E-state index in [1.165, 1.54) is 5.39 Å². The van der Waals surface area contributed by atoms with Gasteiger partial charge >= 0.3 is 0 Å².